The number of aliphatic hydroxyl groups excluding tert-OH is 1. The molecule has 2 aromatic carbocycles. The first-order chi connectivity index (χ1) is 11.6. The molecule has 0 radical (unpaired) electrons. The zero-order chi connectivity index (χ0) is 17.2. The Hall–Kier alpha value is -2.66. The quantitative estimate of drug-likeness (QED) is 0.754. The van der Waals surface area contributed by atoms with Gasteiger partial charge in [0.2, 0.25) is 0 Å². The third-order valence-electron chi connectivity index (χ3n) is 3.29. The van der Waals surface area contributed by atoms with Crippen LogP contribution in [0.5, 0.6) is 0 Å². The monoisotopic (exact) mass is 328 g/mol. The third kappa shape index (κ3) is 6.62. The lowest BCUT2D eigenvalue weighted by molar-refractivity contribution is -0.150. The lowest BCUT2D eigenvalue weighted by Crippen LogP contribution is -2.20. The fourth-order valence-electron chi connectivity index (χ4n) is 2.05. The Labute approximate surface area is 140 Å². The summed E-state index contributed by atoms with van der Waals surface area (Å²) in [5.74, 6) is -1.11. The first-order valence-electron chi connectivity index (χ1n) is 7.70. The van der Waals surface area contributed by atoms with Gasteiger partial charge in [0.15, 0.2) is 0 Å². The van der Waals surface area contributed by atoms with Gasteiger partial charge in [0.05, 0.1) is 18.9 Å². The van der Waals surface area contributed by atoms with Crippen LogP contribution in [0.25, 0.3) is 0 Å². The van der Waals surface area contributed by atoms with Crippen LogP contribution in [-0.4, -0.2) is 23.1 Å². The summed E-state index contributed by atoms with van der Waals surface area (Å²) < 4.78 is 10.1. The second kappa shape index (κ2) is 9.47. The second-order valence-corrected chi connectivity index (χ2v) is 5.35. The molecule has 0 heterocycles. The largest absolute Gasteiger partial charge is 0.461 e. The zero-order valence-electron chi connectivity index (χ0n) is 13.3. The maximum absolute atomic E-state index is 11.7. The summed E-state index contributed by atoms with van der Waals surface area (Å²) in [6, 6.07) is 18.5. The maximum Gasteiger partial charge on any atom is 0.308 e. The van der Waals surface area contributed by atoms with Crippen LogP contribution < -0.4 is 0 Å². The Bertz CT molecular complexity index is 582. The zero-order valence-corrected chi connectivity index (χ0v) is 13.3. The number of carbonyl (C=O) groups excluding carboxylic acids is 2. The molecule has 126 valence electrons. The summed E-state index contributed by atoms with van der Waals surface area (Å²) in [4.78, 5) is 23.3. The van der Waals surface area contributed by atoms with Crippen LogP contribution in [0.2, 0.25) is 0 Å². The Balaban J connectivity index is 1.65. The molecule has 0 atom stereocenters. The molecule has 0 saturated carbocycles. The molecule has 0 aliphatic heterocycles. The fourth-order valence-corrected chi connectivity index (χ4v) is 2.05. The first kappa shape index (κ1) is 17.7. The minimum Gasteiger partial charge on any atom is -0.461 e. The van der Waals surface area contributed by atoms with Crippen molar-refractivity contribution in [3.63, 3.8) is 0 Å². The molecule has 1 N–H and O–H groups in total. The molecule has 0 spiro atoms. The van der Waals surface area contributed by atoms with Gasteiger partial charge in [-0.15, -0.1) is 0 Å². The van der Waals surface area contributed by atoms with E-state index in [1.807, 2.05) is 60.7 Å². The standard InChI is InChI=1S/C19H20O5/c20-17(11-18(21)23-13-15-7-3-1-4-8-15)12-19(22)24-14-16-9-5-2-6-10-16/h1-10,17,20H,11-14H2. The average molecular weight is 328 g/mol. The van der Waals surface area contributed by atoms with E-state index in [2.05, 4.69) is 0 Å². The highest BCUT2D eigenvalue weighted by Gasteiger charge is 2.17. The maximum atomic E-state index is 11.7. The SMILES string of the molecule is O=C(CC(O)CC(=O)OCc1ccccc1)OCc1ccccc1. The van der Waals surface area contributed by atoms with E-state index in [1.54, 1.807) is 0 Å². The molecule has 0 fully saturated rings. The Kier molecular flexibility index (Phi) is 6.98. The Morgan fingerprint density at radius 1 is 0.750 bits per heavy atom. The second-order valence-electron chi connectivity index (χ2n) is 5.35. The number of aliphatic hydroxyl groups is 1. The number of hydrogen-bond donors (Lipinski definition) is 1. The third-order valence-corrected chi connectivity index (χ3v) is 3.29. The summed E-state index contributed by atoms with van der Waals surface area (Å²) in [7, 11) is 0. The molecule has 0 saturated heterocycles. The molecule has 5 heteroatoms. The minimum atomic E-state index is -1.11. The predicted octanol–water partition coefficient (Wildman–Crippen LogP) is 2.61. The van der Waals surface area contributed by atoms with Crippen LogP contribution >= 0.6 is 0 Å². The van der Waals surface area contributed by atoms with Crippen LogP contribution in [-0.2, 0) is 32.3 Å². The lowest BCUT2D eigenvalue weighted by Gasteiger charge is -2.10. The van der Waals surface area contributed by atoms with E-state index in [1.165, 1.54) is 0 Å². The topological polar surface area (TPSA) is 72.8 Å². The predicted molar refractivity (Wildman–Crippen MR) is 87.7 cm³/mol. The van der Waals surface area contributed by atoms with Crippen LogP contribution in [0.4, 0.5) is 0 Å². The van der Waals surface area contributed by atoms with Crippen molar-refractivity contribution in [2.45, 2.75) is 32.2 Å². The lowest BCUT2D eigenvalue weighted by atomic mass is 10.2. The normalized spacial score (nSPS) is 10.4. The van der Waals surface area contributed by atoms with Gasteiger partial charge < -0.3 is 14.6 Å². The summed E-state index contributed by atoms with van der Waals surface area (Å²) in [6.45, 7) is 0.287. The summed E-state index contributed by atoms with van der Waals surface area (Å²) in [5, 5.41) is 9.78. The minimum absolute atomic E-state index is 0.144. The number of esters is 2. The molecule has 2 aromatic rings. The van der Waals surface area contributed by atoms with Crippen molar-refractivity contribution in [3.05, 3.63) is 71.8 Å². The van der Waals surface area contributed by atoms with E-state index in [4.69, 9.17) is 9.47 Å². The van der Waals surface area contributed by atoms with Gasteiger partial charge in [-0.25, -0.2) is 0 Å². The van der Waals surface area contributed by atoms with Crippen LogP contribution in [0.3, 0.4) is 0 Å². The molecule has 0 aliphatic carbocycles. The summed E-state index contributed by atoms with van der Waals surface area (Å²) in [5.41, 5.74) is 1.73. The number of benzene rings is 2. The smallest absolute Gasteiger partial charge is 0.308 e. The van der Waals surface area contributed by atoms with Gasteiger partial charge in [-0.2, -0.15) is 0 Å². The van der Waals surface area contributed by atoms with E-state index in [0.717, 1.165) is 11.1 Å². The van der Waals surface area contributed by atoms with E-state index < -0.39 is 18.0 Å². The van der Waals surface area contributed by atoms with Crippen molar-refractivity contribution in [2.24, 2.45) is 0 Å². The first-order valence-corrected chi connectivity index (χ1v) is 7.70. The van der Waals surface area contributed by atoms with E-state index >= 15 is 0 Å². The molecule has 5 nitrogen and oxygen atoms in total. The molecule has 0 bridgehead atoms. The average Bonchev–Trinajstić information content (AvgIpc) is 2.60. The van der Waals surface area contributed by atoms with Crippen LogP contribution in [0.1, 0.15) is 24.0 Å². The Morgan fingerprint density at radius 3 is 1.50 bits per heavy atom. The van der Waals surface area contributed by atoms with Gasteiger partial charge in [-0.1, -0.05) is 60.7 Å². The molecule has 0 amide bonds. The molecule has 0 aliphatic rings. The highest BCUT2D eigenvalue weighted by atomic mass is 16.5. The van der Waals surface area contributed by atoms with Crippen molar-refractivity contribution in [1.82, 2.24) is 0 Å². The van der Waals surface area contributed by atoms with Gasteiger partial charge >= 0.3 is 11.9 Å². The van der Waals surface area contributed by atoms with E-state index in [0.29, 0.717) is 0 Å². The molecule has 24 heavy (non-hydrogen) atoms. The van der Waals surface area contributed by atoms with Crippen molar-refractivity contribution < 1.29 is 24.2 Å². The van der Waals surface area contributed by atoms with Gasteiger partial charge in [0.1, 0.15) is 13.2 Å². The van der Waals surface area contributed by atoms with Crippen molar-refractivity contribution in [3.8, 4) is 0 Å². The van der Waals surface area contributed by atoms with Crippen LogP contribution in [0, 0.1) is 0 Å². The van der Waals surface area contributed by atoms with Crippen molar-refractivity contribution in [2.75, 3.05) is 0 Å². The fraction of sp³-hybridized carbons (Fsp3) is 0.263. The summed E-state index contributed by atoms with van der Waals surface area (Å²) in [6.07, 6.45) is -1.60. The van der Waals surface area contributed by atoms with Gasteiger partial charge in [0.25, 0.3) is 0 Å². The highest BCUT2D eigenvalue weighted by Crippen LogP contribution is 2.07. The molecular formula is C19H20O5. The highest BCUT2D eigenvalue weighted by molar-refractivity contribution is 5.73. The molecule has 0 unspecified atom stereocenters. The van der Waals surface area contributed by atoms with Crippen molar-refractivity contribution >= 4 is 11.9 Å². The number of rotatable bonds is 8. The van der Waals surface area contributed by atoms with Gasteiger partial charge in [-0.3, -0.25) is 9.59 Å². The Morgan fingerprint density at radius 2 is 1.12 bits per heavy atom. The number of hydrogen-bond acceptors (Lipinski definition) is 5. The number of carbonyl (C=O) groups is 2. The van der Waals surface area contributed by atoms with Crippen molar-refractivity contribution in [1.29, 1.82) is 0 Å². The van der Waals surface area contributed by atoms with E-state index in [-0.39, 0.29) is 26.1 Å². The van der Waals surface area contributed by atoms with Gasteiger partial charge in [0, 0.05) is 0 Å². The van der Waals surface area contributed by atoms with Crippen LogP contribution in [0.15, 0.2) is 60.7 Å². The van der Waals surface area contributed by atoms with Gasteiger partial charge in [-0.05, 0) is 11.1 Å². The number of ether oxygens (including phenoxy) is 2. The molecular weight excluding hydrogens is 308 g/mol. The molecule has 2 rings (SSSR count). The summed E-state index contributed by atoms with van der Waals surface area (Å²) >= 11 is 0. The molecule has 0 aromatic heterocycles. The van der Waals surface area contributed by atoms with E-state index in [9.17, 15) is 14.7 Å².